The molecule has 17 nitrogen and oxygen atoms in total. The highest BCUT2D eigenvalue weighted by Crippen LogP contribution is 2.36. The zero-order valence-corrected chi connectivity index (χ0v) is 26.8. The summed E-state index contributed by atoms with van der Waals surface area (Å²) >= 11 is 0. The number of rotatable bonds is 18. The summed E-state index contributed by atoms with van der Waals surface area (Å²) in [5.74, 6) is -2.29. The number of carbonyl (C=O) groups is 3. The molecular weight excluding hydrogens is 623 g/mol. The summed E-state index contributed by atoms with van der Waals surface area (Å²) in [7, 11) is -3.19. The lowest BCUT2D eigenvalue weighted by atomic mass is 10.1. The second-order valence-electron chi connectivity index (χ2n) is 9.55. The first kappa shape index (κ1) is 37.7. The quantitative estimate of drug-likeness (QED) is 0.0836. The number of hydrogen-bond donors (Lipinski definition) is 6. The summed E-state index contributed by atoms with van der Waals surface area (Å²) in [4.78, 5) is 74.2. The zero-order valence-electron chi connectivity index (χ0n) is 25.9. The molecule has 0 fully saturated rings. The summed E-state index contributed by atoms with van der Waals surface area (Å²) < 4.78 is 19.9. The summed E-state index contributed by atoms with van der Waals surface area (Å²) in [5, 5.41) is 17.8. The number of benzene rings is 1. The van der Waals surface area contributed by atoms with Crippen molar-refractivity contribution in [2.75, 3.05) is 31.3 Å². The number of unbranched alkanes of at least 4 members (excludes halogenated alkanes) is 3. The van der Waals surface area contributed by atoms with Crippen molar-refractivity contribution in [2.45, 2.75) is 65.0 Å². The molecule has 252 valence electrons. The van der Waals surface area contributed by atoms with Crippen LogP contribution in [0, 0.1) is 0 Å². The summed E-state index contributed by atoms with van der Waals surface area (Å²) in [6, 6.07) is 4.99. The molecule has 18 heteroatoms. The number of aromatic amines is 1. The summed E-state index contributed by atoms with van der Waals surface area (Å²) in [6.07, 6.45) is 3.84. The van der Waals surface area contributed by atoms with Crippen LogP contribution in [0.25, 0.3) is 11.2 Å². The van der Waals surface area contributed by atoms with E-state index < -0.39 is 31.3 Å². The average Bonchev–Trinajstić information content (AvgIpc) is 3.04. The molecule has 0 aliphatic carbocycles. The number of carboxylic acid groups (broad SMARTS) is 1. The molecule has 2 aromatic heterocycles. The lowest BCUT2D eigenvalue weighted by Gasteiger charge is -2.19. The fraction of sp³-hybridized carbons (Fsp3) is 0.464. The van der Waals surface area contributed by atoms with E-state index in [2.05, 4.69) is 44.9 Å². The fourth-order valence-electron chi connectivity index (χ4n) is 3.89. The van der Waals surface area contributed by atoms with Gasteiger partial charge in [0.05, 0.1) is 25.0 Å². The van der Waals surface area contributed by atoms with E-state index in [0.29, 0.717) is 37.2 Å². The van der Waals surface area contributed by atoms with Gasteiger partial charge >= 0.3 is 5.97 Å². The lowest BCUT2D eigenvalue weighted by molar-refractivity contribution is -0.223. The second-order valence-corrected chi connectivity index (χ2v) is 11.1. The van der Waals surface area contributed by atoms with Crippen molar-refractivity contribution in [1.82, 2.24) is 30.6 Å². The van der Waals surface area contributed by atoms with E-state index in [0.717, 1.165) is 13.5 Å². The number of phosphoric acid groups is 1. The molecule has 0 saturated carbocycles. The van der Waals surface area contributed by atoms with Crippen LogP contribution in [0.3, 0.4) is 0 Å². The predicted octanol–water partition coefficient (Wildman–Crippen LogP) is 1.70. The minimum absolute atomic E-state index is 0.0191. The van der Waals surface area contributed by atoms with E-state index in [1.165, 1.54) is 18.3 Å². The van der Waals surface area contributed by atoms with E-state index in [1.807, 2.05) is 13.8 Å². The molecule has 0 radical (unpaired) electrons. The van der Waals surface area contributed by atoms with Crippen LogP contribution < -0.4 is 32.1 Å². The number of phosphoric ester groups is 1. The van der Waals surface area contributed by atoms with Crippen molar-refractivity contribution < 1.29 is 38.0 Å². The van der Waals surface area contributed by atoms with Crippen LogP contribution in [0.15, 0.2) is 35.3 Å². The summed E-state index contributed by atoms with van der Waals surface area (Å²) in [6.45, 7) is 4.61. The highest BCUT2D eigenvalue weighted by molar-refractivity contribution is 7.45. The standard InChI is InChI=1S/C26H35N8O9P.C2H6/c1-42-44(40,41)43-13-5-3-2-4-12-28-20(35)11-10-19(25(38)39)32-23(36)16-6-8-17(9-7-16)29-14-18-15-30-22-21(31-18)24(37)34-26(27)33-22;1-2/h6-9,15,19,29H,2-5,10-14H2,1H3,(H,28,35)(H,32,36)(H,38,39)(H,40,41)(H3,27,30,33,34,37);1-2H3/p-1/t19-;/m0./s1. The topological polar surface area (TPSA) is 264 Å². The van der Waals surface area contributed by atoms with Gasteiger partial charge in [-0.25, -0.2) is 14.8 Å². The third-order valence-corrected chi connectivity index (χ3v) is 7.18. The first-order valence-corrected chi connectivity index (χ1v) is 16.1. The molecule has 0 saturated heterocycles. The molecule has 3 rings (SSSR count). The van der Waals surface area contributed by atoms with Crippen molar-refractivity contribution in [3.63, 3.8) is 0 Å². The maximum absolute atomic E-state index is 12.7. The maximum atomic E-state index is 12.7. The summed E-state index contributed by atoms with van der Waals surface area (Å²) in [5.41, 5.74) is 6.50. The molecule has 0 spiro atoms. The number of anilines is 2. The molecule has 0 aliphatic heterocycles. The number of nitrogens with one attached hydrogen (secondary N) is 4. The minimum atomic E-state index is -4.21. The van der Waals surface area contributed by atoms with Gasteiger partial charge in [0.1, 0.15) is 6.04 Å². The number of nitrogens with two attached hydrogens (primary N) is 1. The highest BCUT2D eigenvalue weighted by atomic mass is 31.2. The fourth-order valence-corrected chi connectivity index (χ4v) is 4.35. The van der Waals surface area contributed by atoms with Crippen molar-refractivity contribution >= 4 is 48.4 Å². The third-order valence-electron chi connectivity index (χ3n) is 6.24. The Labute approximate surface area is 265 Å². The highest BCUT2D eigenvalue weighted by Gasteiger charge is 2.21. The van der Waals surface area contributed by atoms with Crippen molar-refractivity contribution in [2.24, 2.45) is 0 Å². The van der Waals surface area contributed by atoms with Gasteiger partial charge < -0.3 is 40.7 Å². The van der Waals surface area contributed by atoms with Gasteiger partial charge in [0, 0.05) is 31.3 Å². The number of nitrogens with zero attached hydrogens (tertiary/aromatic N) is 3. The van der Waals surface area contributed by atoms with Gasteiger partial charge in [-0.1, -0.05) is 26.7 Å². The van der Waals surface area contributed by atoms with Gasteiger partial charge in [-0.3, -0.25) is 23.9 Å². The average molecular weight is 664 g/mol. The van der Waals surface area contributed by atoms with E-state index in [9.17, 15) is 33.7 Å². The van der Waals surface area contributed by atoms with E-state index >= 15 is 0 Å². The Morgan fingerprint density at radius 3 is 2.48 bits per heavy atom. The number of fused-ring (bicyclic) bond motifs is 1. The first-order valence-electron chi connectivity index (χ1n) is 14.6. The van der Waals surface area contributed by atoms with Crippen LogP contribution in [0.2, 0.25) is 0 Å². The zero-order chi connectivity index (χ0) is 34.1. The lowest BCUT2D eigenvalue weighted by Crippen LogP contribution is -2.41. The second kappa shape index (κ2) is 19.2. The van der Waals surface area contributed by atoms with Crippen molar-refractivity contribution in [3.8, 4) is 0 Å². The van der Waals surface area contributed by atoms with E-state index in [-0.39, 0.29) is 54.6 Å². The van der Waals surface area contributed by atoms with Gasteiger partial charge in [-0.2, -0.15) is 4.98 Å². The van der Waals surface area contributed by atoms with Crippen LogP contribution in [-0.4, -0.2) is 69.1 Å². The molecule has 3 aromatic rings. The molecule has 2 heterocycles. The number of hydrogen-bond acceptors (Lipinski definition) is 13. The van der Waals surface area contributed by atoms with Gasteiger partial charge in [-0.15, -0.1) is 0 Å². The minimum Gasteiger partial charge on any atom is -0.756 e. The molecule has 2 amide bonds. The Morgan fingerprint density at radius 1 is 1.11 bits per heavy atom. The van der Waals surface area contributed by atoms with Crippen LogP contribution in [0.5, 0.6) is 0 Å². The van der Waals surface area contributed by atoms with Crippen LogP contribution in [0.1, 0.15) is 68.4 Å². The van der Waals surface area contributed by atoms with Crippen LogP contribution in [-0.2, 0) is 29.7 Å². The maximum Gasteiger partial charge on any atom is 0.326 e. The molecule has 46 heavy (non-hydrogen) atoms. The third kappa shape index (κ3) is 12.9. The van der Waals surface area contributed by atoms with Crippen LogP contribution in [0.4, 0.5) is 11.6 Å². The Balaban J connectivity index is 0.00000361. The number of carbonyl (C=O) groups excluding carboxylic acids is 2. The normalized spacial score (nSPS) is 12.7. The number of aliphatic carboxylic acids is 1. The first-order chi connectivity index (χ1) is 22.0. The van der Waals surface area contributed by atoms with Crippen molar-refractivity contribution in [1.29, 1.82) is 0 Å². The Kier molecular flexibility index (Phi) is 15.7. The number of amides is 2. The number of carboxylic acids is 1. The van der Waals surface area contributed by atoms with E-state index in [4.69, 9.17) is 5.73 Å². The molecule has 1 unspecified atom stereocenters. The Hall–Kier alpha value is -4.44. The number of aromatic nitrogens is 4. The predicted molar refractivity (Wildman–Crippen MR) is 168 cm³/mol. The molecule has 1 aromatic carbocycles. The largest absolute Gasteiger partial charge is 0.756 e. The Morgan fingerprint density at radius 2 is 1.80 bits per heavy atom. The number of H-pyrrole nitrogens is 1. The van der Waals surface area contributed by atoms with Crippen molar-refractivity contribution in [3.05, 3.63) is 52.1 Å². The van der Waals surface area contributed by atoms with Gasteiger partial charge in [0.2, 0.25) is 11.9 Å². The Bertz CT molecular complexity index is 1550. The van der Waals surface area contributed by atoms with Gasteiger partial charge in [0.25, 0.3) is 19.3 Å². The smallest absolute Gasteiger partial charge is 0.326 e. The SMILES string of the molecule is CC.COP(=O)([O-])OCCCCCCNC(=O)CC[C@H](NC(=O)c1ccc(NCc2cnc3nc(N)[nH]c(=O)c3n2)cc1)C(=O)O. The van der Waals surface area contributed by atoms with Gasteiger partial charge in [0.15, 0.2) is 11.2 Å². The van der Waals surface area contributed by atoms with Crippen LogP contribution >= 0.6 is 7.82 Å². The monoisotopic (exact) mass is 663 g/mol. The molecular formula is C28H40N8O9P-. The number of nitrogen functional groups attached to an aromatic ring is 1. The molecule has 2 atom stereocenters. The molecule has 7 N–H and O–H groups in total. The molecule has 0 bridgehead atoms. The molecule has 0 aliphatic rings. The van der Waals surface area contributed by atoms with E-state index in [1.54, 1.807) is 12.1 Å². The van der Waals surface area contributed by atoms with Gasteiger partial charge in [-0.05, 0) is 43.5 Å².